The van der Waals surface area contributed by atoms with Crippen LogP contribution in [0.5, 0.6) is 11.5 Å². The molecule has 3 aliphatic rings. The van der Waals surface area contributed by atoms with Crippen molar-refractivity contribution in [2.75, 3.05) is 44.5 Å². The smallest absolute Gasteiger partial charge is 0.309 e. The summed E-state index contributed by atoms with van der Waals surface area (Å²) in [7, 11) is 0. The number of carbonyl (C=O) groups excluding carboxylic acids is 3. The fourth-order valence-electron chi connectivity index (χ4n) is 3.74. The maximum atomic E-state index is 12.5. The molecule has 3 aliphatic heterocycles. The van der Waals surface area contributed by atoms with Gasteiger partial charge in [0.25, 0.3) is 5.78 Å². The standard InChI is InChI=1S/C19H22N2O6/c1-2-25-19(24)12-3-5-20(6-4-12)11-21-14-10-16-15(26-7-8-27-16)9-13(14)17(22)18(21)23/h9-10,12H,2-8,11H2,1H3. The second kappa shape index (κ2) is 7.19. The fourth-order valence-corrected chi connectivity index (χ4v) is 3.74. The van der Waals surface area contributed by atoms with Crippen LogP contribution in [0, 0.1) is 5.92 Å². The Morgan fingerprint density at radius 1 is 1.15 bits per heavy atom. The zero-order valence-corrected chi connectivity index (χ0v) is 15.2. The van der Waals surface area contributed by atoms with Gasteiger partial charge in [-0.05, 0) is 25.8 Å². The van der Waals surface area contributed by atoms with Crippen LogP contribution in [0.2, 0.25) is 0 Å². The van der Waals surface area contributed by atoms with Gasteiger partial charge in [0.1, 0.15) is 13.2 Å². The minimum atomic E-state index is -0.542. The second-order valence-electron chi connectivity index (χ2n) is 6.86. The van der Waals surface area contributed by atoms with E-state index in [1.165, 1.54) is 4.90 Å². The number of likely N-dealkylation sites (tertiary alicyclic amines) is 1. The molecule has 0 aliphatic carbocycles. The molecule has 0 radical (unpaired) electrons. The molecule has 0 unspecified atom stereocenters. The van der Waals surface area contributed by atoms with E-state index >= 15 is 0 Å². The van der Waals surface area contributed by atoms with Gasteiger partial charge >= 0.3 is 11.9 Å². The number of fused-ring (bicyclic) bond motifs is 2. The summed E-state index contributed by atoms with van der Waals surface area (Å²) in [5.74, 6) is -0.268. The minimum Gasteiger partial charge on any atom is -0.486 e. The number of rotatable bonds is 4. The number of Topliss-reactive ketones (excluding diaryl/α,β-unsaturated/α-hetero) is 1. The van der Waals surface area contributed by atoms with Crippen LogP contribution < -0.4 is 14.4 Å². The highest BCUT2D eigenvalue weighted by molar-refractivity contribution is 6.52. The SMILES string of the molecule is CCOC(=O)C1CCN(CN2C(=O)C(=O)c3cc4c(cc32)OCCO4)CC1. The van der Waals surface area contributed by atoms with Crippen LogP contribution >= 0.6 is 0 Å². The zero-order valence-electron chi connectivity index (χ0n) is 15.2. The summed E-state index contributed by atoms with van der Waals surface area (Å²) in [6.45, 7) is 4.70. The van der Waals surface area contributed by atoms with Crippen LogP contribution in [-0.4, -0.2) is 62.1 Å². The molecule has 0 bridgehead atoms. The van der Waals surface area contributed by atoms with Crippen molar-refractivity contribution in [2.24, 2.45) is 5.92 Å². The molecule has 3 heterocycles. The van der Waals surface area contributed by atoms with Gasteiger partial charge in [-0.1, -0.05) is 0 Å². The summed E-state index contributed by atoms with van der Waals surface area (Å²) in [5, 5.41) is 0. The van der Waals surface area contributed by atoms with E-state index in [4.69, 9.17) is 14.2 Å². The van der Waals surface area contributed by atoms with Crippen molar-refractivity contribution < 1.29 is 28.6 Å². The lowest BCUT2D eigenvalue weighted by Crippen LogP contribution is -2.45. The maximum absolute atomic E-state index is 12.5. The van der Waals surface area contributed by atoms with Crippen molar-refractivity contribution in [1.82, 2.24) is 4.90 Å². The van der Waals surface area contributed by atoms with Gasteiger partial charge in [-0.25, -0.2) is 0 Å². The van der Waals surface area contributed by atoms with Crippen LogP contribution in [0.3, 0.4) is 0 Å². The summed E-state index contributed by atoms with van der Waals surface area (Å²) in [6, 6.07) is 3.30. The van der Waals surface area contributed by atoms with Gasteiger partial charge in [-0.3, -0.25) is 24.2 Å². The van der Waals surface area contributed by atoms with Gasteiger partial charge in [0, 0.05) is 19.2 Å². The van der Waals surface area contributed by atoms with E-state index in [9.17, 15) is 14.4 Å². The summed E-state index contributed by atoms with van der Waals surface area (Å²) in [6.07, 6.45) is 1.37. The Morgan fingerprint density at radius 3 is 2.48 bits per heavy atom. The summed E-state index contributed by atoms with van der Waals surface area (Å²) in [4.78, 5) is 40.3. The Kier molecular flexibility index (Phi) is 4.73. The number of hydrogen-bond donors (Lipinski definition) is 0. The molecular formula is C19H22N2O6. The molecule has 0 aromatic heterocycles. The van der Waals surface area contributed by atoms with Gasteiger partial charge in [0.15, 0.2) is 11.5 Å². The van der Waals surface area contributed by atoms with Crippen molar-refractivity contribution in [3.05, 3.63) is 17.7 Å². The van der Waals surface area contributed by atoms with E-state index in [2.05, 4.69) is 4.90 Å². The number of carbonyl (C=O) groups is 3. The highest BCUT2D eigenvalue weighted by Gasteiger charge is 2.39. The van der Waals surface area contributed by atoms with Crippen LogP contribution in [0.25, 0.3) is 0 Å². The van der Waals surface area contributed by atoms with Crippen molar-refractivity contribution in [2.45, 2.75) is 19.8 Å². The number of amides is 1. The maximum Gasteiger partial charge on any atom is 0.309 e. The van der Waals surface area contributed by atoms with E-state index in [0.29, 0.717) is 75.2 Å². The number of anilines is 1. The number of ether oxygens (including phenoxy) is 3. The topological polar surface area (TPSA) is 85.4 Å². The average molecular weight is 374 g/mol. The van der Waals surface area contributed by atoms with E-state index in [1.807, 2.05) is 0 Å². The van der Waals surface area contributed by atoms with Crippen molar-refractivity contribution in [3.8, 4) is 11.5 Å². The molecule has 1 amide bonds. The summed E-state index contributed by atoms with van der Waals surface area (Å²) < 4.78 is 16.2. The molecule has 1 aromatic carbocycles. The molecule has 1 saturated heterocycles. The molecule has 8 nitrogen and oxygen atoms in total. The molecule has 0 N–H and O–H groups in total. The third-order valence-electron chi connectivity index (χ3n) is 5.18. The Labute approximate surface area is 157 Å². The van der Waals surface area contributed by atoms with Crippen molar-refractivity contribution >= 4 is 23.3 Å². The molecule has 1 aromatic rings. The lowest BCUT2D eigenvalue weighted by atomic mass is 9.97. The van der Waals surface area contributed by atoms with E-state index in [1.54, 1.807) is 19.1 Å². The predicted octanol–water partition coefficient (Wildman–Crippen LogP) is 1.22. The van der Waals surface area contributed by atoms with Gasteiger partial charge in [-0.2, -0.15) is 0 Å². The average Bonchev–Trinajstić information content (AvgIpc) is 2.91. The van der Waals surface area contributed by atoms with Crippen LogP contribution in [-0.2, 0) is 14.3 Å². The van der Waals surface area contributed by atoms with Gasteiger partial charge in [0.2, 0.25) is 0 Å². The number of ketones is 1. The first-order valence-electron chi connectivity index (χ1n) is 9.27. The molecule has 1 fully saturated rings. The predicted molar refractivity (Wildman–Crippen MR) is 95.0 cm³/mol. The Morgan fingerprint density at radius 2 is 1.81 bits per heavy atom. The Balaban J connectivity index is 1.47. The van der Waals surface area contributed by atoms with Gasteiger partial charge in [-0.15, -0.1) is 0 Å². The van der Waals surface area contributed by atoms with Crippen LogP contribution in [0.1, 0.15) is 30.1 Å². The van der Waals surface area contributed by atoms with Gasteiger partial charge < -0.3 is 14.2 Å². The molecule has 0 atom stereocenters. The number of piperidine rings is 1. The fraction of sp³-hybridized carbons (Fsp3) is 0.526. The number of benzene rings is 1. The second-order valence-corrected chi connectivity index (χ2v) is 6.86. The minimum absolute atomic E-state index is 0.0954. The first-order chi connectivity index (χ1) is 13.1. The van der Waals surface area contributed by atoms with E-state index in [-0.39, 0.29) is 11.9 Å². The lowest BCUT2D eigenvalue weighted by molar-refractivity contribution is -0.149. The molecule has 0 saturated carbocycles. The molecular weight excluding hydrogens is 352 g/mol. The molecule has 27 heavy (non-hydrogen) atoms. The summed E-state index contributed by atoms with van der Waals surface area (Å²) >= 11 is 0. The Hall–Kier alpha value is -2.61. The zero-order chi connectivity index (χ0) is 19.0. The molecule has 8 heteroatoms. The Bertz CT molecular complexity index is 785. The van der Waals surface area contributed by atoms with E-state index < -0.39 is 11.7 Å². The first-order valence-corrected chi connectivity index (χ1v) is 9.27. The number of nitrogens with zero attached hydrogens (tertiary/aromatic N) is 2. The lowest BCUT2D eigenvalue weighted by Gasteiger charge is -2.33. The van der Waals surface area contributed by atoms with Gasteiger partial charge in [0.05, 0.1) is 30.4 Å². The highest BCUT2D eigenvalue weighted by Crippen LogP contribution is 2.40. The monoisotopic (exact) mass is 374 g/mol. The number of hydrogen-bond acceptors (Lipinski definition) is 7. The van der Waals surface area contributed by atoms with Crippen molar-refractivity contribution in [3.63, 3.8) is 0 Å². The molecule has 4 rings (SSSR count). The largest absolute Gasteiger partial charge is 0.486 e. The van der Waals surface area contributed by atoms with Crippen molar-refractivity contribution in [1.29, 1.82) is 0 Å². The third kappa shape index (κ3) is 3.25. The van der Waals surface area contributed by atoms with Crippen LogP contribution in [0.15, 0.2) is 12.1 Å². The van der Waals surface area contributed by atoms with E-state index in [0.717, 1.165) is 0 Å². The quantitative estimate of drug-likeness (QED) is 0.579. The number of esters is 1. The van der Waals surface area contributed by atoms with Crippen LogP contribution in [0.4, 0.5) is 5.69 Å². The highest BCUT2D eigenvalue weighted by atomic mass is 16.6. The third-order valence-corrected chi connectivity index (χ3v) is 5.18. The molecule has 144 valence electrons. The first kappa shape index (κ1) is 17.8. The normalized spacial score (nSPS) is 20.0. The summed E-state index contributed by atoms with van der Waals surface area (Å²) in [5.41, 5.74) is 0.910. The molecule has 0 spiro atoms.